The van der Waals surface area contributed by atoms with Crippen LogP contribution in [0.3, 0.4) is 0 Å². The number of carbonyl (C=O) groups excluding carboxylic acids is 1. The topological polar surface area (TPSA) is 26.3 Å². The van der Waals surface area contributed by atoms with E-state index in [1.807, 2.05) is 6.07 Å². The average molecular weight is 177 g/mol. The van der Waals surface area contributed by atoms with Gasteiger partial charge in [0, 0.05) is 0 Å². The fourth-order valence-corrected chi connectivity index (χ4v) is 0.746. The molecule has 10 heavy (non-hydrogen) atoms. The number of carbonyl (C=O) groups is 1. The first-order chi connectivity index (χ1) is 4.84. The molecule has 0 spiro atoms. The predicted molar refractivity (Wildman–Crippen MR) is 31.9 cm³/mol. The van der Waals surface area contributed by atoms with Gasteiger partial charge in [-0.3, -0.25) is 0 Å². The molecule has 0 fully saturated rings. The van der Waals surface area contributed by atoms with Crippen molar-refractivity contribution in [3.8, 4) is 0 Å². The zero-order valence-electron chi connectivity index (χ0n) is 5.06. The molecule has 0 radical (unpaired) electrons. The van der Waals surface area contributed by atoms with Crippen molar-refractivity contribution in [2.75, 3.05) is 0 Å². The van der Waals surface area contributed by atoms with Crippen LogP contribution in [0.5, 0.6) is 0 Å². The normalized spacial score (nSPS) is 8.90. The van der Waals surface area contributed by atoms with Crippen LogP contribution in [0.2, 0.25) is 0 Å². The molecular formula is C7H5FeO2. The van der Waals surface area contributed by atoms with Gasteiger partial charge in [-0.15, -0.1) is 0 Å². The molecule has 1 rings (SSSR count). The second-order valence-electron chi connectivity index (χ2n) is 1.73. The van der Waals surface area contributed by atoms with Gasteiger partial charge in [0.15, 0.2) is 0 Å². The van der Waals surface area contributed by atoms with E-state index in [4.69, 9.17) is 0 Å². The van der Waals surface area contributed by atoms with Gasteiger partial charge in [0.25, 0.3) is 0 Å². The van der Waals surface area contributed by atoms with Crippen LogP contribution in [-0.2, 0) is 20.2 Å². The maximum atomic E-state index is 10.7. The van der Waals surface area contributed by atoms with Crippen molar-refractivity contribution < 1.29 is 25.0 Å². The second kappa shape index (κ2) is 3.40. The van der Waals surface area contributed by atoms with Gasteiger partial charge < -0.3 is 0 Å². The Morgan fingerprint density at radius 1 is 1.30 bits per heavy atom. The molecule has 0 unspecified atom stereocenters. The Morgan fingerprint density at radius 2 is 1.90 bits per heavy atom. The van der Waals surface area contributed by atoms with Crippen LogP contribution in [-0.4, -0.2) is 5.97 Å². The molecule has 0 aliphatic rings. The van der Waals surface area contributed by atoms with E-state index in [0.29, 0.717) is 5.56 Å². The first-order valence-corrected chi connectivity index (χ1v) is 3.16. The van der Waals surface area contributed by atoms with Crippen molar-refractivity contribution in [2.45, 2.75) is 0 Å². The van der Waals surface area contributed by atoms with Crippen LogP contribution in [0.15, 0.2) is 30.3 Å². The van der Waals surface area contributed by atoms with Crippen LogP contribution < -0.4 is 0 Å². The Kier molecular flexibility index (Phi) is 2.49. The van der Waals surface area contributed by atoms with Crippen molar-refractivity contribution >= 4 is 5.97 Å². The summed E-state index contributed by atoms with van der Waals surface area (Å²) < 4.78 is 4.25. The van der Waals surface area contributed by atoms with Crippen LogP contribution in [0.1, 0.15) is 10.4 Å². The van der Waals surface area contributed by atoms with E-state index in [9.17, 15) is 4.79 Å². The minimum absolute atomic E-state index is 0.402. The van der Waals surface area contributed by atoms with Gasteiger partial charge in [0.2, 0.25) is 0 Å². The molecule has 1 aromatic carbocycles. The Morgan fingerprint density at radius 3 is 2.40 bits per heavy atom. The monoisotopic (exact) mass is 177 g/mol. The first-order valence-electron chi connectivity index (χ1n) is 2.71. The van der Waals surface area contributed by atoms with Crippen molar-refractivity contribution in [3.05, 3.63) is 35.9 Å². The molecule has 0 aromatic heterocycles. The molecule has 0 N–H and O–H groups in total. The van der Waals surface area contributed by atoms with Crippen LogP contribution in [0.4, 0.5) is 0 Å². The summed E-state index contributed by atoms with van der Waals surface area (Å²) in [6.45, 7) is 0. The summed E-state index contributed by atoms with van der Waals surface area (Å²) in [4.78, 5) is 10.7. The van der Waals surface area contributed by atoms with Crippen molar-refractivity contribution in [3.63, 3.8) is 0 Å². The van der Waals surface area contributed by atoms with Gasteiger partial charge in [-0.25, -0.2) is 0 Å². The van der Waals surface area contributed by atoms with E-state index in [1.54, 1.807) is 24.3 Å². The van der Waals surface area contributed by atoms with Gasteiger partial charge >= 0.3 is 66.8 Å². The van der Waals surface area contributed by atoms with Crippen LogP contribution >= 0.6 is 0 Å². The summed E-state index contributed by atoms with van der Waals surface area (Å²) in [5, 5.41) is 0. The molecule has 0 amide bonds. The van der Waals surface area contributed by atoms with Gasteiger partial charge in [-0.05, 0) is 0 Å². The summed E-state index contributed by atoms with van der Waals surface area (Å²) in [5.41, 5.74) is 0.525. The summed E-state index contributed by atoms with van der Waals surface area (Å²) in [5.74, 6) is -0.402. The standard InChI is InChI=1S/C7H6O2.Fe/c8-7(9)6-4-2-1-3-5-6;/h1-5H,(H,8,9);/q;+1/p-1. The summed E-state index contributed by atoms with van der Waals surface area (Å²) in [7, 11) is 0. The van der Waals surface area contributed by atoms with Crippen molar-refractivity contribution in [2.24, 2.45) is 0 Å². The molecular weight excluding hydrogens is 172 g/mol. The fourth-order valence-electron chi connectivity index (χ4n) is 0.616. The third kappa shape index (κ3) is 1.59. The summed E-state index contributed by atoms with van der Waals surface area (Å²) >= 11 is 3.01. The Hall–Kier alpha value is -0.791. The molecule has 1 aromatic rings. The molecule has 0 aliphatic carbocycles. The second-order valence-corrected chi connectivity index (χ2v) is 1.95. The quantitative estimate of drug-likeness (QED) is 0.604. The molecule has 0 saturated heterocycles. The van der Waals surface area contributed by atoms with E-state index < -0.39 is 5.97 Å². The predicted octanol–water partition coefficient (Wildman–Crippen LogP) is 1.31. The third-order valence-corrected chi connectivity index (χ3v) is 1.28. The third-order valence-electron chi connectivity index (χ3n) is 1.08. The van der Waals surface area contributed by atoms with Crippen molar-refractivity contribution in [1.82, 2.24) is 0 Å². The van der Waals surface area contributed by atoms with E-state index in [-0.39, 0.29) is 0 Å². The van der Waals surface area contributed by atoms with Gasteiger partial charge in [-0.2, -0.15) is 0 Å². The zero-order chi connectivity index (χ0) is 7.40. The average Bonchev–Trinajstić information content (AvgIpc) is 2.05. The van der Waals surface area contributed by atoms with Gasteiger partial charge in [0.1, 0.15) is 0 Å². The number of hydrogen-bond donors (Lipinski definition) is 0. The summed E-state index contributed by atoms with van der Waals surface area (Å²) in [6.07, 6.45) is 0. The van der Waals surface area contributed by atoms with Crippen molar-refractivity contribution in [1.29, 1.82) is 0 Å². The fraction of sp³-hybridized carbons (Fsp3) is 0. The van der Waals surface area contributed by atoms with E-state index in [1.165, 1.54) is 0 Å². The molecule has 2 nitrogen and oxygen atoms in total. The SMILES string of the molecule is O=C([O][Fe])c1ccccc1. The first kappa shape index (κ1) is 7.32. The Balaban J connectivity index is 2.85. The molecule has 0 saturated carbocycles. The Bertz CT molecular complexity index is 220. The van der Waals surface area contributed by atoms with Crippen LogP contribution in [0, 0.1) is 0 Å². The maximum absolute atomic E-state index is 10.7. The van der Waals surface area contributed by atoms with E-state index in [2.05, 4.69) is 20.2 Å². The molecule has 3 heteroatoms. The summed E-state index contributed by atoms with van der Waals surface area (Å²) in [6, 6.07) is 8.72. The van der Waals surface area contributed by atoms with E-state index >= 15 is 0 Å². The molecule has 0 heterocycles. The van der Waals surface area contributed by atoms with Gasteiger partial charge in [-0.1, -0.05) is 0 Å². The number of benzene rings is 1. The van der Waals surface area contributed by atoms with Gasteiger partial charge in [0.05, 0.1) is 0 Å². The zero-order valence-corrected chi connectivity index (χ0v) is 6.16. The van der Waals surface area contributed by atoms with Crippen LogP contribution in [0.25, 0.3) is 0 Å². The molecule has 0 bridgehead atoms. The molecule has 0 atom stereocenters. The van der Waals surface area contributed by atoms with E-state index in [0.717, 1.165) is 0 Å². The number of rotatable bonds is 1. The number of hydrogen-bond acceptors (Lipinski definition) is 2. The Labute approximate surface area is 67.3 Å². The molecule has 0 aliphatic heterocycles. The molecule has 53 valence electrons. The minimum atomic E-state index is -0.402.